The van der Waals surface area contributed by atoms with Crippen LogP contribution in [0.1, 0.15) is 33.1 Å². The third kappa shape index (κ3) is 11.1. The molecule has 2 aliphatic rings. The molecule has 1 atom stereocenters. The van der Waals surface area contributed by atoms with Crippen molar-refractivity contribution in [3.05, 3.63) is 0 Å². The SMILES string of the molecule is CCNC(=NCC(C)(O)CN1CCOCC1)NCCCOC1CCOCC1.I. The molecule has 0 aliphatic carbocycles. The molecule has 2 fully saturated rings. The minimum Gasteiger partial charge on any atom is -0.387 e. The molecule has 0 aromatic rings. The van der Waals surface area contributed by atoms with Crippen molar-refractivity contribution in [2.75, 3.05) is 72.3 Å². The van der Waals surface area contributed by atoms with E-state index >= 15 is 0 Å². The fourth-order valence-electron chi connectivity index (χ4n) is 3.25. The van der Waals surface area contributed by atoms with Crippen molar-refractivity contribution in [2.45, 2.75) is 44.8 Å². The molecule has 0 aromatic carbocycles. The Morgan fingerprint density at radius 3 is 2.54 bits per heavy atom. The molecule has 2 rings (SSSR count). The Morgan fingerprint density at radius 1 is 1.18 bits per heavy atom. The van der Waals surface area contributed by atoms with E-state index in [1.807, 2.05) is 13.8 Å². The van der Waals surface area contributed by atoms with Gasteiger partial charge in [0.2, 0.25) is 0 Å². The first kappa shape index (κ1) is 25.8. The Bertz CT molecular complexity index is 428. The van der Waals surface area contributed by atoms with Crippen LogP contribution in [0.15, 0.2) is 4.99 Å². The number of aliphatic imine (C=N–C) groups is 1. The first-order valence-electron chi connectivity index (χ1n) is 10.3. The summed E-state index contributed by atoms with van der Waals surface area (Å²) in [5.41, 5.74) is -0.855. The molecule has 3 N–H and O–H groups in total. The van der Waals surface area contributed by atoms with Crippen molar-refractivity contribution >= 4 is 29.9 Å². The molecule has 28 heavy (non-hydrogen) atoms. The zero-order chi connectivity index (χ0) is 19.4. The summed E-state index contributed by atoms with van der Waals surface area (Å²) in [7, 11) is 0. The van der Waals surface area contributed by atoms with E-state index in [1.54, 1.807) is 0 Å². The van der Waals surface area contributed by atoms with Crippen molar-refractivity contribution < 1.29 is 19.3 Å². The smallest absolute Gasteiger partial charge is 0.191 e. The summed E-state index contributed by atoms with van der Waals surface area (Å²) in [5.74, 6) is 0.741. The van der Waals surface area contributed by atoms with Gasteiger partial charge in [-0.25, -0.2) is 0 Å². The standard InChI is InChI=1S/C19H38N4O4.HI/c1-3-20-18(21-7-4-10-27-17-5-11-25-12-6-17)22-15-19(2,24)16-23-8-13-26-14-9-23;/h17,24H,3-16H2,1-2H3,(H2,20,21,22);1H. The largest absolute Gasteiger partial charge is 0.387 e. The number of aliphatic hydroxyl groups is 1. The lowest BCUT2D eigenvalue weighted by molar-refractivity contribution is -0.0320. The Hall–Kier alpha value is -0.200. The molecule has 2 saturated heterocycles. The molecule has 2 aliphatic heterocycles. The first-order valence-corrected chi connectivity index (χ1v) is 10.3. The van der Waals surface area contributed by atoms with E-state index < -0.39 is 5.60 Å². The van der Waals surface area contributed by atoms with Crippen molar-refractivity contribution in [3.8, 4) is 0 Å². The van der Waals surface area contributed by atoms with E-state index in [4.69, 9.17) is 14.2 Å². The van der Waals surface area contributed by atoms with E-state index in [-0.39, 0.29) is 24.0 Å². The Labute approximate surface area is 186 Å². The zero-order valence-electron chi connectivity index (χ0n) is 17.5. The van der Waals surface area contributed by atoms with Crippen LogP contribution in [0, 0.1) is 0 Å². The lowest BCUT2D eigenvalue weighted by Gasteiger charge is -2.33. The van der Waals surface area contributed by atoms with E-state index in [2.05, 4.69) is 20.5 Å². The zero-order valence-corrected chi connectivity index (χ0v) is 19.8. The van der Waals surface area contributed by atoms with Gasteiger partial charge in [-0.3, -0.25) is 9.89 Å². The lowest BCUT2D eigenvalue weighted by Crippen LogP contribution is -2.48. The molecule has 0 bridgehead atoms. The van der Waals surface area contributed by atoms with E-state index in [9.17, 15) is 5.11 Å². The number of ether oxygens (including phenoxy) is 3. The average molecular weight is 514 g/mol. The summed E-state index contributed by atoms with van der Waals surface area (Å²) < 4.78 is 16.6. The van der Waals surface area contributed by atoms with Crippen LogP contribution < -0.4 is 10.6 Å². The molecular formula is C19H39IN4O4. The average Bonchev–Trinajstić information content (AvgIpc) is 2.67. The fraction of sp³-hybridized carbons (Fsp3) is 0.947. The van der Waals surface area contributed by atoms with E-state index in [0.29, 0.717) is 19.2 Å². The molecule has 9 heteroatoms. The highest BCUT2D eigenvalue weighted by molar-refractivity contribution is 14.0. The summed E-state index contributed by atoms with van der Waals surface area (Å²) in [5, 5.41) is 17.2. The van der Waals surface area contributed by atoms with Crippen molar-refractivity contribution in [1.82, 2.24) is 15.5 Å². The van der Waals surface area contributed by atoms with Crippen LogP contribution in [0.3, 0.4) is 0 Å². The van der Waals surface area contributed by atoms with Gasteiger partial charge in [0.15, 0.2) is 5.96 Å². The highest BCUT2D eigenvalue weighted by Crippen LogP contribution is 2.11. The van der Waals surface area contributed by atoms with Crippen LogP contribution in [0.4, 0.5) is 0 Å². The van der Waals surface area contributed by atoms with Crippen LogP contribution in [0.5, 0.6) is 0 Å². The van der Waals surface area contributed by atoms with Crippen LogP contribution in [0.2, 0.25) is 0 Å². The Balaban J connectivity index is 0.00000392. The molecule has 0 saturated carbocycles. The van der Waals surface area contributed by atoms with Gasteiger partial charge in [0.1, 0.15) is 0 Å². The van der Waals surface area contributed by atoms with E-state index in [1.165, 1.54) is 0 Å². The molecule has 0 radical (unpaired) electrons. The normalized spacial score (nSPS) is 21.6. The number of guanidine groups is 1. The summed E-state index contributed by atoms with van der Waals surface area (Å²) in [6.45, 7) is 12.0. The maximum atomic E-state index is 10.7. The van der Waals surface area contributed by atoms with Gasteiger partial charge in [-0.1, -0.05) is 0 Å². The van der Waals surface area contributed by atoms with Gasteiger partial charge in [0.05, 0.1) is 31.5 Å². The minimum absolute atomic E-state index is 0. The molecular weight excluding hydrogens is 475 g/mol. The second-order valence-electron chi connectivity index (χ2n) is 7.54. The highest BCUT2D eigenvalue weighted by atomic mass is 127. The predicted octanol–water partition coefficient (Wildman–Crippen LogP) is 0.828. The number of hydrogen-bond acceptors (Lipinski definition) is 6. The van der Waals surface area contributed by atoms with Crippen LogP contribution in [0.25, 0.3) is 0 Å². The van der Waals surface area contributed by atoms with Gasteiger partial charge in [0.25, 0.3) is 0 Å². The second-order valence-corrected chi connectivity index (χ2v) is 7.54. The second kappa shape index (κ2) is 14.7. The van der Waals surface area contributed by atoms with Gasteiger partial charge >= 0.3 is 0 Å². The van der Waals surface area contributed by atoms with Crippen LogP contribution in [-0.2, 0) is 14.2 Å². The maximum absolute atomic E-state index is 10.7. The van der Waals surface area contributed by atoms with Crippen molar-refractivity contribution in [3.63, 3.8) is 0 Å². The van der Waals surface area contributed by atoms with Crippen molar-refractivity contribution in [2.24, 2.45) is 4.99 Å². The molecule has 2 heterocycles. The number of rotatable bonds is 10. The number of hydrogen-bond donors (Lipinski definition) is 3. The number of β-amino-alcohol motifs (C(OH)–C–C–N with tert-alkyl or cyclic N) is 1. The first-order chi connectivity index (χ1) is 13.1. The van der Waals surface area contributed by atoms with Gasteiger partial charge in [-0.15, -0.1) is 24.0 Å². The van der Waals surface area contributed by atoms with Gasteiger partial charge in [-0.2, -0.15) is 0 Å². The third-order valence-corrected chi connectivity index (χ3v) is 4.73. The van der Waals surface area contributed by atoms with Gasteiger partial charge in [0, 0.05) is 52.5 Å². The predicted molar refractivity (Wildman–Crippen MR) is 122 cm³/mol. The van der Waals surface area contributed by atoms with Crippen LogP contribution in [-0.4, -0.2) is 100.0 Å². The molecule has 166 valence electrons. The van der Waals surface area contributed by atoms with E-state index in [0.717, 1.165) is 84.4 Å². The minimum atomic E-state index is -0.855. The maximum Gasteiger partial charge on any atom is 0.191 e. The Morgan fingerprint density at radius 2 is 1.86 bits per heavy atom. The van der Waals surface area contributed by atoms with Gasteiger partial charge in [-0.05, 0) is 33.1 Å². The quantitative estimate of drug-likeness (QED) is 0.172. The van der Waals surface area contributed by atoms with Gasteiger partial charge < -0.3 is 30.0 Å². The van der Waals surface area contributed by atoms with Crippen LogP contribution >= 0.6 is 24.0 Å². The summed E-state index contributed by atoms with van der Waals surface area (Å²) >= 11 is 0. The summed E-state index contributed by atoms with van der Waals surface area (Å²) in [6, 6.07) is 0. The molecule has 8 nitrogen and oxygen atoms in total. The van der Waals surface area contributed by atoms with Crippen molar-refractivity contribution in [1.29, 1.82) is 0 Å². The summed E-state index contributed by atoms with van der Waals surface area (Å²) in [4.78, 5) is 6.80. The molecule has 0 aromatic heterocycles. The monoisotopic (exact) mass is 514 g/mol. The number of halogens is 1. The molecule has 0 spiro atoms. The number of nitrogens with zero attached hydrogens (tertiary/aromatic N) is 2. The Kier molecular flexibility index (Phi) is 13.6. The molecule has 0 amide bonds. The third-order valence-electron chi connectivity index (χ3n) is 4.73. The number of nitrogens with one attached hydrogen (secondary N) is 2. The molecule has 1 unspecified atom stereocenters. The fourth-order valence-corrected chi connectivity index (χ4v) is 3.25. The topological polar surface area (TPSA) is 87.6 Å². The highest BCUT2D eigenvalue weighted by Gasteiger charge is 2.25. The number of morpholine rings is 1. The lowest BCUT2D eigenvalue weighted by atomic mass is 10.1. The summed E-state index contributed by atoms with van der Waals surface area (Å²) in [6.07, 6.45) is 3.26.